The van der Waals surface area contributed by atoms with Gasteiger partial charge in [-0.25, -0.2) is 4.68 Å². The Morgan fingerprint density at radius 1 is 1.48 bits per heavy atom. The van der Waals surface area contributed by atoms with Crippen LogP contribution in [0.4, 0.5) is 11.6 Å². The van der Waals surface area contributed by atoms with Crippen molar-refractivity contribution in [2.75, 3.05) is 17.2 Å². The fourth-order valence-corrected chi connectivity index (χ4v) is 2.44. The van der Waals surface area contributed by atoms with E-state index in [9.17, 15) is 9.59 Å². The number of hydrogen-bond acceptors (Lipinski definition) is 5. The number of carbonyl (C=O) groups excluding carboxylic acids is 2. The second-order valence-corrected chi connectivity index (χ2v) is 5.11. The van der Waals surface area contributed by atoms with Gasteiger partial charge in [-0.1, -0.05) is 12.1 Å². The standard InChI is InChI=1S/C15H17N5O3/c1-3-23-12-7-5-4-6-10(12)17-14(22)11-8-13(21)18-15-16-9(2)19-20(11)15/h4-7,11H,3,8H2,1-2H3,(H,17,22)(H,16,18,19,21). The molecule has 0 spiro atoms. The Bertz CT molecular complexity index is 755. The van der Waals surface area contributed by atoms with Gasteiger partial charge >= 0.3 is 0 Å². The number of benzene rings is 1. The van der Waals surface area contributed by atoms with Crippen LogP contribution in [0, 0.1) is 6.92 Å². The number of carbonyl (C=O) groups is 2. The predicted molar refractivity (Wildman–Crippen MR) is 83.3 cm³/mol. The van der Waals surface area contributed by atoms with Crippen LogP contribution in [0.15, 0.2) is 24.3 Å². The first kappa shape index (κ1) is 15.0. The average molecular weight is 315 g/mol. The molecule has 2 amide bonds. The molecule has 1 aliphatic rings. The average Bonchev–Trinajstić information content (AvgIpc) is 2.88. The summed E-state index contributed by atoms with van der Waals surface area (Å²) in [6, 6.07) is 6.41. The molecule has 2 heterocycles. The Hall–Kier alpha value is -2.90. The molecule has 0 aliphatic carbocycles. The highest BCUT2D eigenvalue weighted by Gasteiger charge is 2.32. The quantitative estimate of drug-likeness (QED) is 0.891. The van der Waals surface area contributed by atoms with Gasteiger partial charge in [-0.15, -0.1) is 0 Å². The second-order valence-electron chi connectivity index (χ2n) is 5.11. The van der Waals surface area contributed by atoms with Gasteiger partial charge in [-0.2, -0.15) is 10.1 Å². The lowest BCUT2D eigenvalue weighted by molar-refractivity contribution is -0.125. The van der Waals surface area contributed by atoms with Crippen LogP contribution < -0.4 is 15.4 Å². The van der Waals surface area contributed by atoms with E-state index in [0.717, 1.165) is 0 Å². The van der Waals surface area contributed by atoms with Crippen molar-refractivity contribution in [2.45, 2.75) is 26.3 Å². The number of nitrogens with zero attached hydrogens (tertiary/aromatic N) is 3. The number of anilines is 2. The molecule has 0 saturated heterocycles. The van der Waals surface area contributed by atoms with Crippen LogP contribution >= 0.6 is 0 Å². The van der Waals surface area contributed by atoms with E-state index in [-0.39, 0.29) is 24.2 Å². The molecule has 1 aromatic heterocycles. The Balaban J connectivity index is 1.85. The summed E-state index contributed by atoms with van der Waals surface area (Å²) >= 11 is 0. The van der Waals surface area contributed by atoms with Gasteiger partial charge in [0.25, 0.3) is 0 Å². The number of amides is 2. The van der Waals surface area contributed by atoms with Gasteiger partial charge in [-0.05, 0) is 26.0 Å². The van der Waals surface area contributed by atoms with Gasteiger partial charge in [0.1, 0.15) is 17.6 Å². The molecular weight excluding hydrogens is 298 g/mol. The van der Waals surface area contributed by atoms with Crippen molar-refractivity contribution in [2.24, 2.45) is 0 Å². The summed E-state index contributed by atoms with van der Waals surface area (Å²) in [5.74, 6) is 0.770. The summed E-state index contributed by atoms with van der Waals surface area (Å²) in [6.07, 6.45) is 0.0123. The molecule has 23 heavy (non-hydrogen) atoms. The minimum atomic E-state index is -0.741. The summed E-state index contributed by atoms with van der Waals surface area (Å²) in [5.41, 5.74) is 0.559. The molecule has 0 saturated carbocycles. The summed E-state index contributed by atoms with van der Waals surface area (Å²) < 4.78 is 6.93. The highest BCUT2D eigenvalue weighted by atomic mass is 16.5. The van der Waals surface area contributed by atoms with E-state index in [2.05, 4.69) is 20.7 Å². The van der Waals surface area contributed by atoms with E-state index >= 15 is 0 Å². The molecule has 0 fully saturated rings. The number of nitrogens with one attached hydrogen (secondary N) is 2. The Morgan fingerprint density at radius 2 is 2.26 bits per heavy atom. The fourth-order valence-electron chi connectivity index (χ4n) is 2.44. The fraction of sp³-hybridized carbons (Fsp3) is 0.333. The van der Waals surface area contributed by atoms with E-state index in [1.807, 2.05) is 13.0 Å². The first-order valence-electron chi connectivity index (χ1n) is 7.34. The van der Waals surface area contributed by atoms with Gasteiger partial charge in [0.05, 0.1) is 18.7 Å². The number of rotatable bonds is 4. The van der Waals surface area contributed by atoms with Gasteiger partial charge in [0.2, 0.25) is 17.8 Å². The predicted octanol–water partition coefficient (Wildman–Crippen LogP) is 1.51. The molecule has 1 aliphatic heterocycles. The molecule has 8 heteroatoms. The van der Waals surface area contributed by atoms with Crippen molar-refractivity contribution < 1.29 is 14.3 Å². The number of aromatic nitrogens is 3. The first-order chi connectivity index (χ1) is 11.1. The number of aryl methyl sites for hydroxylation is 1. The SMILES string of the molecule is CCOc1ccccc1NC(=O)C1CC(=O)Nc2nc(C)nn21. The maximum atomic E-state index is 12.6. The third-order valence-corrected chi connectivity index (χ3v) is 3.41. The number of ether oxygens (including phenoxy) is 1. The molecule has 3 rings (SSSR count). The van der Waals surface area contributed by atoms with Crippen molar-refractivity contribution in [3.05, 3.63) is 30.1 Å². The molecule has 120 valence electrons. The van der Waals surface area contributed by atoms with Crippen LogP contribution in [0.5, 0.6) is 5.75 Å². The highest BCUT2D eigenvalue weighted by molar-refractivity contribution is 6.01. The number of para-hydroxylation sites is 2. The normalized spacial score (nSPS) is 16.4. The third kappa shape index (κ3) is 3.01. The summed E-state index contributed by atoms with van der Waals surface area (Å²) in [6.45, 7) is 4.07. The zero-order chi connectivity index (χ0) is 16.4. The molecular formula is C15H17N5O3. The Labute approximate surface area is 132 Å². The molecule has 8 nitrogen and oxygen atoms in total. The van der Waals surface area contributed by atoms with Crippen molar-refractivity contribution in [3.63, 3.8) is 0 Å². The van der Waals surface area contributed by atoms with E-state index in [1.54, 1.807) is 25.1 Å². The van der Waals surface area contributed by atoms with E-state index in [4.69, 9.17) is 4.74 Å². The van der Waals surface area contributed by atoms with Gasteiger partial charge in [-0.3, -0.25) is 14.9 Å². The summed E-state index contributed by atoms with van der Waals surface area (Å²) in [7, 11) is 0. The minimum absolute atomic E-state index is 0.0123. The Kier molecular flexibility index (Phi) is 3.96. The topological polar surface area (TPSA) is 98.1 Å². The van der Waals surface area contributed by atoms with Crippen LogP contribution in [-0.2, 0) is 9.59 Å². The largest absolute Gasteiger partial charge is 0.492 e. The molecule has 0 bridgehead atoms. The maximum absolute atomic E-state index is 12.6. The van der Waals surface area contributed by atoms with Crippen LogP contribution in [0.3, 0.4) is 0 Å². The summed E-state index contributed by atoms with van der Waals surface area (Å²) in [4.78, 5) is 28.5. The number of fused-ring (bicyclic) bond motifs is 1. The lowest BCUT2D eigenvalue weighted by Gasteiger charge is -2.23. The van der Waals surface area contributed by atoms with Crippen molar-refractivity contribution in [3.8, 4) is 5.75 Å². The monoisotopic (exact) mass is 315 g/mol. The van der Waals surface area contributed by atoms with Crippen molar-refractivity contribution in [1.29, 1.82) is 0 Å². The highest BCUT2D eigenvalue weighted by Crippen LogP contribution is 2.27. The first-order valence-corrected chi connectivity index (χ1v) is 7.34. The zero-order valence-electron chi connectivity index (χ0n) is 12.9. The molecule has 0 radical (unpaired) electrons. The van der Waals surface area contributed by atoms with E-state index in [0.29, 0.717) is 23.9 Å². The zero-order valence-corrected chi connectivity index (χ0v) is 12.9. The summed E-state index contributed by atoms with van der Waals surface area (Å²) in [5, 5.41) is 9.60. The van der Waals surface area contributed by atoms with Gasteiger partial charge in [0.15, 0.2) is 0 Å². The van der Waals surface area contributed by atoms with E-state index in [1.165, 1.54) is 4.68 Å². The molecule has 2 N–H and O–H groups in total. The third-order valence-electron chi connectivity index (χ3n) is 3.41. The smallest absolute Gasteiger partial charge is 0.250 e. The van der Waals surface area contributed by atoms with Crippen LogP contribution in [0.2, 0.25) is 0 Å². The lowest BCUT2D eigenvalue weighted by atomic mass is 10.1. The lowest BCUT2D eigenvalue weighted by Crippen LogP contribution is -2.36. The molecule has 1 atom stereocenters. The van der Waals surface area contributed by atoms with Crippen molar-refractivity contribution >= 4 is 23.5 Å². The number of hydrogen-bond donors (Lipinski definition) is 2. The maximum Gasteiger partial charge on any atom is 0.250 e. The minimum Gasteiger partial charge on any atom is -0.492 e. The van der Waals surface area contributed by atoms with E-state index < -0.39 is 6.04 Å². The van der Waals surface area contributed by atoms with Crippen molar-refractivity contribution in [1.82, 2.24) is 14.8 Å². The second kappa shape index (κ2) is 6.07. The van der Waals surface area contributed by atoms with Crippen LogP contribution in [0.25, 0.3) is 0 Å². The molecule has 2 aromatic rings. The van der Waals surface area contributed by atoms with Crippen LogP contribution in [0.1, 0.15) is 25.2 Å². The molecule has 1 aromatic carbocycles. The van der Waals surface area contributed by atoms with Gasteiger partial charge < -0.3 is 10.1 Å². The Morgan fingerprint density at radius 3 is 3.04 bits per heavy atom. The van der Waals surface area contributed by atoms with Gasteiger partial charge in [0, 0.05) is 0 Å². The molecule has 1 unspecified atom stereocenters. The van der Waals surface area contributed by atoms with Crippen LogP contribution in [-0.4, -0.2) is 33.2 Å².